The van der Waals surface area contributed by atoms with Gasteiger partial charge in [-0.1, -0.05) is 24.3 Å². The predicted molar refractivity (Wildman–Crippen MR) is 77.1 cm³/mol. The summed E-state index contributed by atoms with van der Waals surface area (Å²) in [6, 6.07) is 13.8. The number of hydrogen-bond acceptors (Lipinski definition) is 3. The first-order valence-corrected chi connectivity index (χ1v) is 6.37. The molecule has 1 amide bonds. The van der Waals surface area contributed by atoms with Crippen LogP contribution in [-0.2, 0) is 17.8 Å². The van der Waals surface area contributed by atoms with Crippen molar-refractivity contribution in [2.75, 3.05) is 0 Å². The lowest BCUT2D eigenvalue weighted by Gasteiger charge is -2.08. The van der Waals surface area contributed by atoms with E-state index in [9.17, 15) is 9.59 Å². The van der Waals surface area contributed by atoms with Gasteiger partial charge in [-0.3, -0.25) is 9.59 Å². The SMILES string of the molecule is NC(=O)c1ccc(COc2cccc(CC(=O)O)c2)cc1. The molecule has 0 radical (unpaired) electrons. The Hall–Kier alpha value is -2.82. The summed E-state index contributed by atoms with van der Waals surface area (Å²) in [5, 5.41) is 8.76. The maximum absolute atomic E-state index is 11.0. The number of carboxylic acids is 1. The number of primary amides is 1. The van der Waals surface area contributed by atoms with Crippen LogP contribution in [0, 0.1) is 0 Å². The van der Waals surface area contributed by atoms with Gasteiger partial charge in [0.2, 0.25) is 5.91 Å². The minimum Gasteiger partial charge on any atom is -0.489 e. The van der Waals surface area contributed by atoms with Gasteiger partial charge in [0.1, 0.15) is 12.4 Å². The molecule has 5 nitrogen and oxygen atoms in total. The maximum Gasteiger partial charge on any atom is 0.307 e. The zero-order valence-electron chi connectivity index (χ0n) is 11.3. The molecule has 0 saturated heterocycles. The van der Waals surface area contributed by atoms with Crippen molar-refractivity contribution >= 4 is 11.9 Å². The van der Waals surface area contributed by atoms with Crippen LogP contribution in [-0.4, -0.2) is 17.0 Å². The molecule has 0 heterocycles. The monoisotopic (exact) mass is 285 g/mol. The zero-order chi connectivity index (χ0) is 15.2. The van der Waals surface area contributed by atoms with Gasteiger partial charge in [-0.25, -0.2) is 0 Å². The van der Waals surface area contributed by atoms with Crippen molar-refractivity contribution in [3.63, 3.8) is 0 Å². The minimum absolute atomic E-state index is 0.0372. The highest BCUT2D eigenvalue weighted by Crippen LogP contribution is 2.16. The molecule has 2 rings (SSSR count). The van der Waals surface area contributed by atoms with Crippen molar-refractivity contribution in [1.82, 2.24) is 0 Å². The van der Waals surface area contributed by atoms with E-state index < -0.39 is 11.9 Å². The third-order valence-corrected chi connectivity index (χ3v) is 2.90. The van der Waals surface area contributed by atoms with Crippen molar-refractivity contribution in [2.45, 2.75) is 13.0 Å². The molecular weight excluding hydrogens is 270 g/mol. The Labute approximate surface area is 122 Å². The number of aliphatic carboxylic acids is 1. The standard InChI is InChI=1S/C16H15NO4/c17-16(20)13-6-4-11(5-7-13)10-21-14-3-1-2-12(8-14)9-15(18)19/h1-8H,9-10H2,(H2,17,20)(H,18,19). The van der Waals surface area contributed by atoms with Crippen LogP contribution >= 0.6 is 0 Å². The average Bonchev–Trinajstić information content (AvgIpc) is 2.45. The molecule has 0 spiro atoms. The topological polar surface area (TPSA) is 89.6 Å². The quantitative estimate of drug-likeness (QED) is 0.849. The van der Waals surface area contributed by atoms with E-state index in [0.29, 0.717) is 23.5 Å². The molecule has 0 bridgehead atoms. The van der Waals surface area contributed by atoms with Crippen LogP contribution < -0.4 is 10.5 Å². The van der Waals surface area contributed by atoms with Gasteiger partial charge in [0, 0.05) is 5.56 Å². The van der Waals surface area contributed by atoms with E-state index in [2.05, 4.69) is 0 Å². The lowest BCUT2D eigenvalue weighted by molar-refractivity contribution is -0.136. The third-order valence-electron chi connectivity index (χ3n) is 2.90. The second-order valence-corrected chi connectivity index (χ2v) is 4.57. The highest BCUT2D eigenvalue weighted by atomic mass is 16.5. The molecule has 0 aliphatic rings. The summed E-state index contributed by atoms with van der Waals surface area (Å²) in [5.41, 5.74) is 7.19. The highest BCUT2D eigenvalue weighted by Gasteiger charge is 2.03. The number of amides is 1. The van der Waals surface area contributed by atoms with Gasteiger partial charge in [0.15, 0.2) is 0 Å². The lowest BCUT2D eigenvalue weighted by atomic mass is 10.1. The molecule has 108 valence electrons. The second kappa shape index (κ2) is 6.56. The molecule has 0 aromatic heterocycles. The first kappa shape index (κ1) is 14.6. The number of ether oxygens (including phenoxy) is 1. The van der Waals surface area contributed by atoms with Gasteiger partial charge >= 0.3 is 5.97 Å². The number of nitrogens with two attached hydrogens (primary N) is 1. The fourth-order valence-corrected chi connectivity index (χ4v) is 1.85. The normalized spacial score (nSPS) is 10.1. The molecular formula is C16H15NO4. The molecule has 0 aliphatic heterocycles. The Bertz CT molecular complexity index is 650. The van der Waals surface area contributed by atoms with Crippen LogP contribution in [0.4, 0.5) is 0 Å². The fourth-order valence-electron chi connectivity index (χ4n) is 1.85. The van der Waals surface area contributed by atoms with E-state index >= 15 is 0 Å². The van der Waals surface area contributed by atoms with Crippen LogP contribution in [0.25, 0.3) is 0 Å². The van der Waals surface area contributed by atoms with Crippen LogP contribution in [0.2, 0.25) is 0 Å². The van der Waals surface area contributed by atoms with Gasteiger partial charge in [0.25, 0.3) is 0 Å². The fraction of sp³-hybridized carbons (Fsp3) is 0.125. The average molecular weight is 285 g/mol. The molecule has 0 saturated carbocycles. The van der Waals surface area contributed by atoms with Crippen LogP contribution in [0.3, 0.4) is 0 Å². The van der Waals surface area contributed by atoms with E-state index in [1.165, 1.54) is 0 Å². The summed E-state index contributed by atoms with van der Waals surface area (Å²) >= 11 is 0. The Morgan fingerprint density at radius 3 is 2.38 bits per heavy atom. The van der Waals surface area contributed by atoms with Crippen molar-refractivity contribution < 1.29 is 19.4 Å². The van der Waals surface area contributed by atoms with Gasteiger partial charge < -0.3 is 15.6 Å². The number of rotatable bonds is 6. The number of hydrogen-bond donors (Lipinski definition) is 2. The number of carbonyl (C=O) groups excluding carboxylic acids is 1. The first-order valence-electron chi connectivity index (χ1n) is 6.37. The van der Waals surface area contributed by atoms with E-state index in [4.69, 9.17) is 15.6 Å². The van der Waals surface area contributed by atoms with Crippen molar-refractivity contribution in [1.29, 1.82) is 0 Å². The maximum atomic E-state index is 11.0. The molecule has 3 N–H and O–H groups in total. The summed E-state index contributed by atoms with van der Waals surface area (Å²) < 4.78 is 5.61. The van der Waals surface area contributed by atoms with Crippen molar-refractivity contribution in [2.24, 2.45) is 5.73 Å². The molecule has 0 aliphatic carbocycles. The van der Waals surface area contributed by atoms with E-state index in [1.807, 2.05) is 0 Å². The summed E-state index contributed by atoms with van der Waals surface area (Å²) in [6.45, 7) is 0.329. The van der Waals surface area contributed by atoms with Gasteiger partial charge in [0.05, 0.1) is 6.42 Å². The van der Waals surface area contributed by atoms with Crippen LogP contribution in [0.15, 0.2) is 48.5 Å². The zero-order valence-corrected chi connectivity index (χ0v) is 11.3. The Kier molecular flexibility index (Phi) is 4.56. The Morgan fingerprint density at radius 1 is 1.05 bits per heavy atom. The molecule has 21 heavy (non-hydrogen) atoms. The molecule has 2 aromatic rings. The minimum atomic E-state index is -0.880. The molecule has 0 fully saturated rings. The predicted octanol–water partition coefficient (Wildman–Crippen LogP) is 1.99. The van der Waals surface area contributed by atoms with Gasteiger partial charge in [-0.05, 0) is 35.4 Å². The lowest BCUT2D eigenvalue weighted by Crippen LogP contribution is -2.10. The summed E-state index contributed by atoms with van der Waals surface area (Å²) in [6.07, 6.45) is -0.0372. The van der Waals surface area contributed by atoms with E-state index in [-0.39, 0.29) is 6.42 Å². The molecule has 0 atom stereocenters. The van der Waals surface area contributed by atoms with Crippen LogP contribution in [0.1, 0.15) is 21.5 Å². The number of benzene rings is 2. The van der Waals surface area contributed by atoms with Crippen molar-refractivity contribution in [3.8, 4) is 5.75 Å². The van der Waals surface area contributed by atoms with Crippen LogP contribution in [0.5, 0.6) is 5.75 Å². The number of carbonyl (C=O) groups is 2. The highest BCUT2D eigenvalue weighted by molar-refractivity contribution is 5.92. The number of carboxylic acid groups (broad SMARTS) is 1. The van der Waals surface area contributed by atoms with Gasteiger partial charge in [-0.15, -0.1) is 0 Å². The summed E-state index contributed by atoms with van der Waals surface area (Å²) in [5.74, 6) is -0.745. The third kappa shape index (κ3) is 4.35. The van der Waals surface area contributed by atoms with E-state index in [0.717, 1.165) is 5.56 Å². The first-order chi connectivity index (χ1) is 10.0. The molecule has 0 unspecified atom stereocenters. The molecule has 2 aromatic carbocycles. The van der Waals surface area contributed by atoms with Crippen molar-refractivity contribution in [3.05, 3.63) is 65.2 Å². The second-order valence-electron chi connectivity index (χ2n) is 4.57. The Balaban J connectivity index is 1.99. The largest absolute Gasteiger partial charge is 0.489 e. The summed E-state index contributed by atoms with van der Waals surface area (Å²) in [7, 11) is 0. The Morgan fingerprint density at radius 2 is 1.76 bits per heavy atom. The summed E-state index contributed by atoms with van der Waals surface area (Å²) in [4.78, 5) is 21.6. The smallest absolute Gasteiger partial charge is 0.307 e. The van der Waals surface area contributed by atoms with Gasteiger partial charge in [-0.2, -0.15) is 0 Å². The molecule has 5 heteroatoms. The van der Waals surface area contributed by atoms with E-state index in [1.54, 1.807) is 48.5 Å².